The molecule has 1 heterocycles. The lowest BCUT2D eigenvalue weighted by Gasteiger charge is -2.33. The Hall–Kier alpha value is -0.730. The summed E-state index contributed by atoms with van der Waals surface area (Å²) in [7, 11) is 0. The molecule has 0 spiro atoms. The molecule has 0 atom stereocenters. The summed E-state index contributed by atoms with van der Waals surface area (Å²) in [6.45, 7) is 10.4. The van der Waals surface area contributed by atoms with Crippen molar-refractivity contribution in [3.8, 4) is 0 Å². The Labute approximate surface area is 99.6 Å². The van der Waals surface area contributed by atoms with Crippen molar-refractivity contribution in [2.24, 2.45) is 11.8 Å². The van der Waals surface area contributed by atoms with E-state index in [2.05, 4.69) is 19.2 Å². The van der Waals surface area contributed by atoms with Crippen molar-refractivity contribution in [2.75, 3.05) is 13.1 Å². The minimum atomic E-state index is 0.109. The van der Waals surface area contributed by atoms with Crippen LogP contribution in [0.4, 0.5) is 4.79 Å². The topological polar surface area (TPSA) is 32.3 Å². The van der Waals surface area contributed by atoms with Crippen LogP contribution in [0.25, 0.3) is 0 Å². The van der Waals surface area contributed by atoms with Crippen molar-refractivity contribution in [1.82, 2.24) is 10.2 Å². The second-order valence-electron chi connectivity index (χ2n) is 5.66. The van der Waals surface area contributed by atoms with E-state index in [0.29, 0.717) is 0 Å². The first-order valence-corrected chi connectivity index (χ1v) is 6.54. The lowest BCUT2D eigenvalue weighted by molar-refractivity contribution is 0.162. The van der Waals surface area contributed by atoms with Gasteiger partial charge < -0.3 is 10.2 Å². The van der Waals surface area contributed by atoms with Crippen molar-refractivity contribution in [3.05, 3.63) is 0 Å². The predicted molar refractivity (Wildman–Crippen MR) is 67.4 cm³/mol. The van der Waals surface area contributed by atoms with Gasteiger partial charge in [-0.2, -0.15) is 0 Å². The van der Waals surface area contributed by atoms with Crippen molar-refractivity contribution in [3.63, 3.8) is 0 Å². The van der Waals surface area contributed by atoms with E-state index in [-0.39, 0.29) is 12.1 Å². The number of rotatable bonds is 3. The quantitative estimate of drug-likeness (QED) is 0.788. The monoisotopic (exact) mass is 226 g/mol. The number of carbonyl (C=O) groups is 1. The van der Waals surface area contributed by atoms with Crippen molar-refractivity contribution in [2.45, 2.75) is 53.0 Å². The van der Waals surface area contributed by atoms with Gasteiger partial charge in [-0.05, 0) is 44.9 Å². The number of nitrogens with zero attached hydrogens (tertiary/aromatic N) is 1. The molecule has 3 nitrogen and oxygen atoms in total. The molecule has 1 saturated heterocycles. The highest BCUT2D eigenvalue weighted by molar-refractivity contribution is 5.74. The van der Waals surface area contributed by atoms with Gasteiger partial charge in [-0.15, -0.1) is 0 Å². The molecule has 16 heavy (non-hydrogen) atoms. The molecule has 0 saturated carbocycles. The fraction of sp³-hybridized carbons (Fsp3) is 0.923. The van der Waals surface area contributed by atoms with E-state index in [1.807, 2.05) is 18.7 Å². The largest absolute Gasteiger partial charge is 0.336 e. The van der Waals surface area contributed by atoms with Crippen LogP contribution in [0.2, 0.25) is 0 Å². The van der Waals surface area contributed by atoms with E-state index < -0.39 is 0 Å². The maximum Gasteiger partial charge on any atom is 0.317 e. The third kappa shape index (κ3) is 4.42. The molecule has 0 aromatic rings. The van der Waals surface area contributed by atoms with Crippen LogP contribution in [0, 0.1) is 11.8 Å². The SMILES string of the molecule is CC(C)CC1CCN(C(=O)NC(C)C)CC1. The van der Waals surface area contributed by atoms with Gasteiger partial charge in [0.2, 0.25) is 0 Å². The maximum absolute atomic E-state index is 11.8. The summed E-state index contributed by atoms with van der Waals surface area (Å²) in [5.74, 6) is 1.60. The highest BCUT2D eigenvalue weighted by atomic mass is 16.2. The molecule has 1 rings (SSSR count). The van der Waals surface area contributed by atoms with Crippen LogP contribution in [0.1, 0.15) is 47.0 Å². The van der Waals surface area contributed by atoms with Gasteiger partial charge in [0, 0.05) is 19.1 Å². The van der Waals surface area contributed by atoms with Gasteiger partial charge in [0.25, 0.3) is 0 Å². The van der Waals surface area contributed by atoms with E-state index in [9.17, 15) is 4.79 Å². The molecule has 0 unspecified atom stereocenters. The molecule has 0 bridgehead atoms. The van der Waals surface area contributed by atoms with Crippen LogP contribution in [0.5, 0.6) is 0 Å². The van der Waals surface area contributed by atoms with Crippen LogP contribution in [0.3, 0.4) is 0 Å². The summed E-state index contributed by atoms with van der Waals surface area (Å²) in [5, 5.41) is 2.96. The Kier molecular flexibility index (Phi) is 5.10. The van der Waals surface area contributed by atoms with E-state index >= 15 is 0 Å². The Morgan fingerprint density at radius 2 is 1.81 bits per heavy atom. The number of hydrogen-bond donors (Lipinski definition) is 1. The molecule has 0 aliphatic carbocycles. The molecule has 0 aromatic heterocycles. The van der Waals surface area contributed by atoms with Gasteiger partial charge in [-0.1, -0.05) is 13.8 Å². The molecule has 1 N–H and O–H groups in total. The summed E-state index contributed by atoms with van der Waals surface area (Å²) in [4.78, 5) is 13.7. The van der Waals surface area contributed by atoms with Gasteiger partial charge in [0.05, 0.1) is 0 Å². The summed E-state index contributed by atoms with van der Waals surface area (Å²) in [6, 6.07) is 0.346. The number of likely N-dealkylation sites (tertiary alicyclic amines) is 1. The van der Waals surface area contributed by atoms with Crippen LogP contribution in [-0.2, 0) is 0 Å². The molecule has 3 heteroatoms. The normalized spacial score (nSPS) is 18.2. The van der Waals surface area contributed by atoms with Crippen LogP contribution < -0.4 is 5.32 Å². The summed E-state index contributed by atoms with van der Waals surface area (Å²) >= 11 is 0. The third-order valence-electron chi connectivity index (χ3n) is 3.12. The number of nitrogens with one attached hydrogen (secondary N) is 1. The maximum atomic E-state index is 11.8. The Morgan fingerprint density at radius 3 is 2.25 bits per heavy atom. The fourth-order valence-corrected chi connectivity index (χ4v) is 2.38. The summed E-state index contributed by atoms with van der Waals surface area (Å²) in [6.07, 6.45) is 3.65. The summed E-state index contributed by atoms with van der Waals surface area (Å²) in [5.41, 5.74) is 0. The second kappa shape index (κ2) is 6.12. The average Bonchev–Trinajstić information content (AvgIpc) is 2.16. The Bertz CT molecular complexity index is 218. The van der Waals surface area contributed by atoms with Crippen molar-refractivity contribution in [1.29, 1.82) is 0 Å². The Morgan fingerprint density at radius 1 is 1.25 bits per heavy atom. The number of hydrogen-bond acceptors (Lipinski definition) is 1. The first-order valence-electron chi connectivity index (χ1n) is 6.54. The zero-order valence-electron chi connectivity index (χ0n) is 11.1. The minimum Gasteiger partial charge on any atom is -0.336 e. The zero-order chi connectivity index (χ0) is 12.1. The summed E-state index contributed by atoms with van der Waals surface area (Å²) < 4.78 is 0. The lowest BCUT2D eigenvalue weighted by atomic mass is 9.89. The number of carbonyl (C=O) groups excluding carboxylic acids is 1. The van der Waals surface area contributed by atoms with Gasteiger partial charge in [-0.25, -0.2) is 4.79 Å². The molecular weight excluding hydrogens is 200 g/mol. The van der Waals surface area contributed by atoms with Gasteiger partial charge in [0.15, 0.2) is 0 Å². The predicted octanol–water partition coefficient (Wildman–Crippen LogP) is 2.86. The van der Waals surface area contributed by atoms with Gasteiger partial charge >= 0.3 is 6.03 Å². The standard InChI is InChI=1S/C13H26N2O/c1-10(2)9-12-5-7-15(8-6-12)13(16)14-11(3)4/h10-12H,5-9H2,1-4H3,(H,14,16). The molecule has 94 valence electrons. The van der Waals surface area contributed by atoms with Crippen LogP contribution in [0.15, 0.2) is 0 Å². The van der Waals surface area contributed by atoms with Gasteiger partial charge in [-0.3, -0.25) is 0 Å². The second-order valence-corrected chi connectivity index (χ2v) is 5.66. The number of amides is 2. The number of piperidine rings is 1. The molecule has 0 aromatic carbocycles. The highest BCUT2D eigenvalue weighted by Gasteiger charge is 2.23. The molecule has 1 fully saturated rings. The average molecular weight is 226 g/mol. The van der Waals surface area contributed by atoms with Crippen molar-refractivity contribution >= 4 is 6.03 Å². The van der Waals surface area contributed by atoms with E-state index in [4.69, 9.17) is 0 Å². The van der Waals surface area contributed by atoms with E-state index in [1.54, 1.807) is 0 Å². The molecule has 1 aliphatic heterocycles. The fourth-order valence-electron chi connectivity index (χ4n) is 2.38. The number of urea groups is 1. The first-order chi connectivity index (χ1) is 7.49. The van der Waals surface area contributed by atoms with E-state index in [0.717, 1.165) is 24.9 Å². The highest BCUT2D eigenvalue weighted by Crippen LogP contribution is 2.23. The van der Waals surface area contributed by atoms with Crippen molar-refractivity contribution < 1.29 is 4.79 Å². The van der Waals surface area contributed by atoms with Crippen LogP contribution >= 0.6 is 0 Å². The molecule has 2 amide bonds. The Balaban J connectivity index is 2.28. The van der Waals surface area contributed by atoms with Gasteiger partial charge in [0.1, 0.15) is 0 Å². The van der Waals surface area contributed by atoms with E-state index in [1.165, 1.54) is 19.3 Å². The lowest BCUT2D eigenvalue weighted by Crippen LogP contribution is -2.46. The smallest absolute Gasteiger partial charge is 0.317 e. The third-order valence-corrected chi connectivity index (χ3v) is 3.12. The minimum absolute atomic E-state index is 0.109. The van der Waals surface area contributed by atoms with Crippen LogP contribution in [-0.4, -0.2) is 30.1 Å². The zero-order valence-corrected chi connectivity index (χ0v) is 11.1. The molecular formula is C13H26N2O. The molecule has 1 aliphatic rings. The first kappa shape index (κ1) is 13.3. The molecule has 0 radical (unpaired) electrons.